The zero-order chi connectivity index (χ0) is 14.8. The maximum Gasteiger partial charge on any atom is 0.344 e. The first-order valence-electron chi connectivity index (χ1n) is 5.37. The topological polar surface area (TPSA) is 111 Å². The van der Waals surface area contributed by atoms with E-state index in [0.29, 0.717) is 5.00 Å². The molecular weight excluding hydrogens is 290 g/mol. The van der Waals surface area contributed by atoms with E-state index in [-0.39, 0.29) is 17.9 Å². The van der Waals surface area contributed by atoms with E-state index in [1.54, 1.807) is 13.8 Å². The van der Waals surface area contributed by atoms with Crippen LogP contribution in [0.15, 0.2) is 0 Å². The Bertz CT molecular complexity index is 578. The Morgan fingerprint density at radius 2 is 2.11 bits per heavy atom. The minimum absolute atomic E-state index is 0.0662. The molecule has 0 atom stereocenters. The predicted molar refractivity (Wildman–Crippen MR) is 75.3 cm³/mol. The zero-order valence-corrected chi connectivity index (χ0v) is 12.8. The number of sulfone groups is 1. The van der Waals surface area contributed by atoms with Crippen LogP contribution in [0.25, 0.3) is 0 Å². The zero-order valence-electron chi connectivity index (χ0n) is 11.2. The van der Waals surface area contributed by atoms with Gasteiger partial charge in [-0.15, -0.1) is 0 Å². The summed E-state index contributed by atoms with van der Waals surface area (Å²) in [5.74, 6) is -0.539. The van der Waals surface area contributed by atoms with Crippen molar-refractivity contribution in [3.63, 3.8) is 0 Å². The van der Waals surface area contributed by atoms with Crippen LogP contribution >= 0.6 is 11.5 Å². The number of nitrogen functional groups attached to an aromatic ring is 1. The van der Waals surface area contributed by atoms with Crippen molar-refractivity contribution in [3.05, 3.63) is 5.56 Å². The lowest BCUT2D eigenvalue weighted by Crippen LogP contribution is -2.38. The number of carbonyl (C=O) groups is 1. The van der Waals surface area contributed by atoms with E-state index in [1.807, 2.05) is 0 Å². The Morgan fingerprint density at radius 1 is 1.53 bits per heavy atom. The van der Waals surface area contributed by atoms with Gasteiger partial charge in [0.05, 0.1) is 11.9 Å². The van der Waals surface area contributed by atoms with Gasteiger partial charge in [0.15, 0.2) is 15.7 Å². The van der Waals surface area contributed by atoms with Gasteiger partial charge in [-0.1, -0.05) is 0 Å². The largest absolute Gasteiger partial charge is 0.465 e. The Kier molecular flexibility index (Phi) is 4.41. The van der Waals surface area contributed by atoms with E-state index in [2.05, 4.69) is 14.4 Å². The van der Waals surface area contributed by atoms with Gasteiger partial charge < -0.3 is 15.8 Å². The molecular formula is C10H17N3O4S2. The fourth-order valence-electron chi connectivity index (χ4n) is 1.15. The smallest absolute Gasteiger partial charge is 0.344 e. The second-order valence-corrected chi connectivity index (χ2v) is 8.07. The number of nitrogens with two attached hydrogens (primary N) is 1. The molecule has 1 rings (SSSR count). The Balaban J connectivity index is 2.94. The number of hydrogen-bond acceptors (Lipinski definition) is 8. The molecule has 0 radical (unpaired) electrons. The van der Waals surface area contributed by atoms with Crippen LogP contribution < -0.4 is 11.1 Å². The molecule has 0 aromatic carbocycles. The molecule has 1 aromatic rings. The van der Waals surface area contributed by atoms with Gasteiger partial charge in [0.1, 0.15) is 10.6 Å². The molecule has 0 aliphatic carbocycles. The highest BCUT2D eigenvalue weighted by Crippen LogP contribution is 2.28. The van der Waals surface area contributed by atoms with Gasteiger partial charge in [0.25, 0.3) is 0 Å². The van der Waals surface area contributed by atoms with Crippen molar-refractivity contribution in [2.75, 3.05) is 31.0 Å². The molecule has 0 saturated heterocycles. The second-order valence-electron chi connectivity index (χ2n) is 4.65. The maximum absolute atomic E-state index is 11.6. The van der Waals surface area contributed by atoms with Crippen molar-refractivity contribution in [1.29, 1.82) is 0 Å². The van der Waals surface area contributed by atoms with Crippen LogP contribution in [0.5, 0.6) is 0 Å². The Morgan fingerprint density at radius 3 is 2.58 bits per heavy atom. The van der Waals surface area contributed by atoms with E-state index in [9.17, 15) is 13.2 Å². The number of methoxy groups -OCH3 is 1. The van der Waals surface area contributed by atoms with Crippen LogP contribution in [0.2, 0.25) is 0 Å². The van der Waals surface area contributed by atoms with Gasteiger partial charge in [-0.05, 0) is 25.4 Å². The van der Waals surface area contributed by atoms with Crippen LogP contribution in [0.4, 0.5) is 10.8 Å². The molecule has 1 aromatic heterocycles. The molecule has 0 unspecified atom stereocenters. The van der Waals surface area contributed by atoms with E-state index < -0.39 is 20.6 Å². The van der Waals surface area contributed by atoms with Crippen LogP contribution in [0.3, 0.4) is 0 Å². The van der Waals surface area contributed by atoms with Gasteiger partial charge in [0, 0.05) is 12.8 Å². The van der Waals surface area contributed by atoms with Crippen molar-refractivity contribution in [3.8, 4) is 0 Å². The number of ether oxygens (including phenoxy) is 1. The minimum Gasteiger partial charge on any atom is -0.465 e. The highest BCUT2D eigenvalue weighted by molar-refractivity contribution is 7.92. The first kappa shape index (κ1) is 15.7. The van der Waals surface area contributed by atoms with Crippen molar-refractivity contribution in [1.82, 2.24) is 4.37 Å². The summed E-state index contributed by atoms with van der Waals surface area (Å²) in [5.41, 5.74) is 5.72. The average molecular weight is 307 g/mol. The minimum atomic E-state index is -3.23. The molecule has 0 saturated carbocycles. The molecule has 0 amide bonds. The number of aromatic nitrogens is 1. The maximum atomic E-state index is 11.6. The quantitative estimate of drug-likeness (QED) is 0.772. The van der Waals surface area contributed by atoms with Gasteiger partial charge in [-0.2, -0.15) is 4.37 Å². The summed E-state index contributed by atoms with van der Waals surface area (Å²) in [5, 5.41) is 3.30. The molecule has 0 aliphatic rings. The number of carbonyl (C=O) groups excluding carboxylic acids is 1. The average Bonchev–Trinajstić information content (AvgIpc) is 2.65. The lowest BCUT2D eigenvalue weighted by molar-refractivity contribution is 0.0603. The van der Waals surface area contributed by atoms with Gasteiger partial charge >= 0.3 is 5.97 Å². The van der Waals surface area contributed by atoms with E-state index in [0.717, 1.165) is 17.8 Å². The fraction of sp³-hybridized carbons (Fsp3) is 0.600. The van der Waals surface area contributed by atoms with E-state index in [4.69, 9.17) is 5.73 Å². The molecule has 108 valence electrons. The summed E-state index contributed by atoms with van der Waals surface area (Å²) in [6.07, 6.45) is 1.16. The van der Waals surface area contributed by atoms with Crippen LogP contribution in [0.1, 0.15) is 24.2 Å². The molecule has 0 aliphatic heterocycles. The lowest BCUT2D eigenvalue weighted by atomic mass is 10.2. The molecule has 0 bridgehead atoms. The van der Waals surface area contributed by atoms with Crippen LogP contribution in [-0.2, 0) is 14.6 Å². The summed E-state index contributed by atoms with van der Waals surface area (Å²) < 4.78 is 30.7. The van der Waals surface area contributed by atoms with Gasteiger partial charge in [0.2, 0.25) is 0 Å². The van der Waals surface area contributed by atoms with Crippen LogP contribution in [0, 0.1) is 0 Å². The number of anilines is 2. The fourth-order valence-corrected chi connectivity index (χ4v) is 2.18. The van der Waals surface area contributed by atoms with E-state index in [1.165, 1.54) is 7.11 Å². The predicted octanol–water partition coefficient (Wildman–Crippen LogP) is 0.747. The molecule has 9 heteroatoms. The highest BCUT2D eigenvalue weighted by Gasteiger charge is 2.31. The normalized spacial score (nSPS) is 12.2. The summed E-state index contributed by atoms with van der Waals surface area (Å²) in [4.78, 5) is 11.5. The third-order valence-corrected chi connectivity index (χ3v) is 5.76. The van der Waals surface area contributed by atoms with Crippen molar-refractivity contribution >= 4 is 38.2 Å². The van der Waals surface area contributed by atoms with Gasteiger partial charge in [-0.3, -0.25) is 0 Å². The first-order valence-corrected chi connectivity index (χ1v) is 8.03. The summed E-state index contributed by atoms with van der Waals surface area (Å²) in [6, 6.07) is 0. The molecule has 1 heterocycles. The molecule has 19 heavy (non-hydrogen) atoms. The Hall–Kier alpha value is -1.35. The van der Waals surface area contributed by atoms with Gasteiger partial charge in [-0.25, -0.2) is 13.2 Å². The molecule has 7 nitrogen and oxygen atoms in total. The van der Waals surface area contributed by atoms with Crippen molar-refractivity contribution in [2.45, 2.75) is 18.6 Å². The molecule has 3 N–H and O–H groups in total. The number of nitrogens with zero attached hydrogens (tertiary/aromatic N) is 1. The standard InChI is InChI=1S/C10H17N3O4S2/c1-10(2,19(4,15)16)5-12-8-6(9(14)17-3)7(11)13-18-8/h12H,5H2,1-4H3,(H2,11,13). The number of hydrogen-bond donors (Lipinski definition) is 2. The SMILES string of the molecule is COC(=O)c1c(N)nsc1NCC(C)(C)S(C)(=O)=O. The number of esters is 1. The highest BCUT2D eigenvalue weighted by atomic mass is 32.2. The first-order chi connectivity index (χ1) is 8.60. The number of nitrogens with one attached hydrogen (secondary N) is 1. The third kappa shape index (κ3) is 3.35. The summed E-state index contributed by atoms with van der Waals surface area (Å²) in [6.45, 7) is 3.33. The van der Waals surface area contributed by atoms with E-state index >= 15 is 0 Å². The lowest BCUT2D eigenvalue weighted by Gasteiger charge is -2.22. The van der Waals surface area contributed by atoms with Crippen molar-refractivity contribution < 1.29 is 17.9 Å². The number of rotatable bonds is 5. The second kappa shape index (κ2) is 5.33. The monoisotopic (exact) mass is 307 g/mol. The Labute approximate surface area is 116 Å². The molecule has 0 fully saturated rings. The third-order valence-electron chi connectivity index (χ3n) is 2.79. The van der Waals surface area contributed by atoms with Crippen molar-refractivity contribution in [2.24, 2.45) is 0 Å². The summed E-state index contributed by atoms with van der Waals surface area (Å²) >= 11 is 0.989. The molecule has 0 spiro atoms. The summed E-state index contributed by atoms with van der Waals surface area (Å²) in [7, 11) is -1.99. The van der Waals surface area contributed by atoms with Crippen LogP contribution in [-0.4, -0.2) is 43.4 Å².